The lowest BCUT2D eigenvalue weighted by Crippen LogP contribution is -2.08. The minimum atomic E-state index is -0.830. The molecule has 5 nitrogen and oxygen atoms in total. The van der Waals surface area contributed by atoms with E-state index in [4.69, 9.17) is 13.9 Å². The fraction of sp³-hybridized carbons (Fsp3) is 0.409. The fourth-order valence-corrected chi connectivity index (χ4v) is 2.63. The van der Waals surface area contributed by atoms with Crippen molar-refractivity contribution in [1.29, 1.82) is 0 Å². The predicted octanol–water partition coefficient (Wildman–Crippen LogP) is 5.36. The second-order valence-corrected chi connectivity index (χ2v) is 7.04. The maximum Gasteiger partial charge on any atom is 0.382 e. The average Bonchev–Trinajstić information content (AvgIpc) is 2.57. The molecule has 0 aliphatic rings. The monoisotopic (exact) mass is 372 g/mol. The van der Waals surface area contributed by atoms with Crippen LogP contribution in [0.5, 0.6) is 17.2 Å². The van der Waals surface area contributed by atoms with Crippen LogP contribution < -0.4 is 15.1 Å². The van der Waals surface area contributed by atoms with Gasteiger partial charge >= 0.3 is 5.63 Å². The standard InChI is InChI=1S/C22H28O5/c1-14(2)8-6-9-16(5)12-13-25-21-19-17(26-15(3)4)10-7-11-18(19)27-22(24)20(21)23/h7-8,10-12,15,23H,6,9,13H2,1-5H3. The Balaban J connectivity index is 2.30. The highest BCUT2D eigenvalue weighted by molar-refractivity contribution is 5.91. The van der Waals surface area contributed by atoms with Crippen LogP contribution in [0.2, 0.25) is 0 Å². The van der Waals surface area contributed by atoms with Gasteiger partial charge in [-0.15, -0.1) is 0 Å². The van der Waals surface area contributed by atoms with Gasteiger partial charge in [0.05, 0.1) is 6.10 Å². The van der Waals surface area contributed by atoms with E-state index in [9.17, 15) is 9.90 Å². The SMILES string of the molecule is CC(C)=CCCC(C)=CCOc1c(O)c(=O)oc2cccc(OC(C)C)c12. The van der Waals surface area contributed by atoms with E-state index >= 15 is 0 Å². The molecule has 0 spiro atoms. The summed E-state index contributed by atoms with van der Waals surface area (Å²) in [6, 6.07) is 5.14. The van der Waals surface area contributed by atoms with E-state index in [2.05, 4.69) is 19.9 Å². The summed E-state index contributed by atoms with van der Waals surface area (Å²) in [7, 11) is 0. The van der Waals surface area contributed by atoms with Crippen LogP contribution in [-0.4, -0.2) is 17.8 Å². The first-order chi connectivity index (χ1) is 12.8. The Kier molecular flexibility index (Phi) is 7.11. The van der Waals surface area contributed by atoms with Crippen LogP contribution >= 0.6 is 0 Å². The molecule has 2 aromatic rings. The van der Waals surface area contributed by atoms with E-state index in [-0.39, 0.29) is 18.5 Å². The summed E-state index contributed by atoms with van der Waals surface area (Å²) in [4.78, 5) is 11.9. The molecular formula is C22H28O5. The molecule has 0 radical (unpaired) electrons. The first kappa shape index (κ1) is 20.6. The van der Waals surface area contributed by atoms with Gasteiger partial charge in [0.25, 0.3) is 0 Å². The minimum absolute atomic E-state index is 0.0743. The number of hydrogen-bond donors (Lipinski definition) is 1. The van der Waals surface area contributed by atoms with Crippen molar-refractivity contribution in [3.05, 3.63) is 51.9 Å². The Morgan fingerprint density at radius 1 is 1.22 bits per heavy atom. The van der Waals surface area contributed by atoms with Crippen molar-refractivity contribution < 1.29 is 19.0 Å². The van der Waals surface area contributed by atoms with E-state index in [0.29, 0.717) is 16.7 Å². The van der Waals surface area contributed by atoms with Gasteiger partial charge in [0.2, 0.25) is 5.75 Å². The third kappa shape index (κ3) is 5.64. The second-order valence-electron chi connectivity index (χ2n) is 7.04. The van der Waals surface area contributed by atoms with Gasteiger partial charge in [0.1, 0.15) is 23.3 Å². The maximum absolute atomic E-state index is 11.9. The van der Waals surface area contributed by atoms with Crippen LogP contribution in [0.1, 0.15) is 47.5 Å². The van der Waals surface area contributed by atoms with Crippen LogP contribution in [0.25, 0.3) is 11.0 Å². The number of allylic oxidation sites excluding steroid dienone is 3. The van der Waals surface area contributed by atoms with Crippen molar-refractivity contribution in [2.75, 3.05) is 6.61 Å². The van der Waals surface area contributed by atoms with Gasteiger partial charge in [0, 0.05) is 0 Å². The molecule has 0 amide bonds. The lowest BCUT2D eigenvalue weighted by atomic mass is 10.1. The van der Waals surface area contributed by atoms with Crippen LogP contribution in [0.3, 0.4) is 0 Å². The molecule has 2 rings (SSSR count). The smallest absolute Gasteiger partial charge is 0.382 e. The Hall–Kier alpha value is -2.69. The third-order valence-electron chi connectivity index (χ3n) is 3.94. The number of rotatable bonds is 8. The summed E-state index contributed by atoms with van der Waals surface area (Å²) >= 11 is 0. The Labute approximate surface area is 159 Å². The van der Waals surface area contributed by atoms with Crippen molar-refractivity contribution in [2.45, 2.75) is 53.6 Å². The number of hydrogen-bond acceptors (Lipinski definition) is 5. The number of ether oxygens (including phenoxy) is 2. The van der Waals surface area contributed by atoms with Gasteiger partial charge < -0.3 is 19.0 Å². The first-order valence-corrected chi connectivity index (χ1v) is 9.16. The van der Waals surface area contributed by atoms with Gasteiger partial charge in [0.15, 0.2) is 5.75 Å². The Morgan fingerprint density at radius 3 is 2.63 bits per heavy atom. The van der Waals surface area contributed by atoms with Crippen molar-refractivity contribution in [3.8, 4) is 17.2 Å². The quantitative estimate of drug-likeness (QED) is 0.499. The topological polar surface area (TPSA) is 68.9 Å². The molecular weight excluding hydrogens is 344 g/mol. The van der Waals surface area contributed by atoms with E-state index < -0.39 is 11.4 Å². The molecule has 1 N–H and O–H groups in total. The van der Waals surface area contributed by atoms with Crippen molar-refractivity contribution in [3.63, 3.8) is 0 Å². The zero-order valence-electron chi connectivity index (χ0n) is 16.7. The molecule has 0 aliphatic heterocycles. The van der Waals surface area contributed by atoms with E-state index in [0.717, 1.165) is 12.8 Å². The fourth-order valence-electron chi connectivity index (χ4n) is 2.63. The molecule has 1 aromatic heterocycles. The molecule has 0 unspecified atom stereocenters. The molecule has 1 aromatic carbocycles. The first-order valence-electron chi connectivity index (χ1n) is 9.16. The van der Waals surface area contributed by atoms with E-state index in [1.54, 1.807) is 18.2 Å². The van der Waals surface area contributed by atoms with Crippen LogP contribution in [0, 0.1) is 0 Å². The number of fused-ring (bicyclic) bond motifs is 1. The van der Waals surface area contributed by atoms with E-state index in [1.165, 1.54) is 11.1 Å². The molecule has 0 saturated heterocycles. The Bertz CT molecular complexity index is 899. The lowest BCUT2D eigenvalue weighted by Gasteiger charge is -2.15. The molecule has 0 aliphatic carbocycles. The highest BCUT2D eigenvalue weighted by atomic mass is 16.5. The Morgan fingerprint density at radius 2 is 1.96 bits per heavy atom. The summed E-state index contributed by atoms with van der Waals surface area (Å²) in [5.41, 5.74) is 1.96. The molecule has 146 valence electrons. The number of benzene rings is 1. The number of aromatic hydroxyl groups is 1. The maximum atomic E-state index is 11.9. The summed E-state index contributed by atoms with van der Waals surface area (Å²) in [6.07, 6.45) is 5.97. The normalized spacial score (nSPS) is 11.7. The molecule has 5 heteroatoms. The molecule has 1 heterocycles. The zero-order valence-corrected chi connectivity index (χ0v) is 16.7. The third-order valence-corrected chi connectivity index (χ3v) is 3.94. The summed E-state index contributed by atoms with van der Waals surface area (Å²) in [6.45, 7) is 10.2. The summed E-state index contributed by atoms with van der Waals surface area (Å²) in [5.74, 6) is 0.0459. The minimum Gasteiger partial charge on any atom is -0.499 e. The van der Waals surface area contributed by atoms with E-state index in [1.807, 2.05) is 26.8 Å². The molecule has 0 atom stereocenters. The van der Waals surface area contributed by atoms with Gasteiger partial charge in [-0.25, -0.2) is 4.79 Å². The van der Waals surface area contributed by atoms with Crippen molar-refractivity contribution in [1.82, 2.24) is 0 Å². The lowest BCUT2D eigenvalue weighted by molar-refractivity contribution is 0.243. The highest BCUT2D eigenvalue weighted by Gasteiger charge is 2.19. The van der Waals surface area contributed by atoms with Crippen LogP contribution in [0.4, 0.5) is 0 Å². The predicted molar refractivity (Wildman–Crippen MR) is 108 cm³/mol. The summed E-state index contributed by atoms with van der Waals surface area (Å²) < 4.78 is 16.7. The molecule has 0 saturated carbocycles. The van der Waals surface area contributed by atoms with Crippen molar-refractivity contribution >= 4 is 11.0 Å². The van der Waals surface area contributed by atoms with Gasteiger partial charge in [-0.1, -0.05) is 23.3 Å². The molecule has 27 heavy (non-hydrogen) atoms. The highest BCUT2D eigenvalue weighted by Crippen LogP contribution is 2.38. The van der Waals surface area contributed by atoms with Gasteiger partial charge in [-0.05, 0) is 65.7 Å². The van der Waals surface area contributed by atoms with Gasteiger partial charge in [-0.3, -0.25) is 0 Å². The average molecular weight is 372 g/mol. The zero-order chi connectivity index (χ0) is 20.0. The molecule has 0 bridgehead atoms. The molecule has 0 fully saturated rings. The largest absolute Gasteiger partial charge is 0.499 e. The van der Waals surface area contributed by atoms with Gasteiger partial charge in [-0.2, -0.15) is 0 Å². The van der Waals surface area contributed by atoms with Crippen LogP contribution in [-0.2, 0) is 0 Å². The van der Waals surface area contributed by atoms with Crippen molar-refractivity contribution in [2.24, 2.45) is 0 Å². The van der Waals surface area contributed by atoms with Crippen LogP contribution in [0.15, 0.2) is 50.7 Å². The summed E-state index contributed by atoms with van der Waals surface area (Å²) in [5, 5.41) is 10.7. The second kappa shape index (κ2) is 9.31.